The maximum absolute atomic E-state index is 3.59. The van der Waals surface area contributed by atoms with Crippen molar-refractivity contribution < 1.29 is 0 Å². The molecule has 0 spiro atoms. The van der Waals surface area contributed by atoms with Crippen LogP contribution < -0.4 is 5.32 Å². The Kier molecular flexibility index (Phi) is 5.48. The molecule has 92 valence electrons. The van der Waals surface area contributed by atoms with Gasteiger partial charge in [0.05, 0.1) is 0 Å². The summed E-state index contributed by atoms with van der Waals surface area (Å²) < 4.78 is 1.21. The van der Waals surface area contributed by atoms with Crippen LogP contribution in [0.1, 0.15) is 39.0 Å². The fourth-order valence-electron chi connectivity index (χ4n) is 1.86. The molecule has 1 rings (SSSR count). The van der Waals surface area contributed by atoms with Crippen LogP contribution in [0.2, 0.25) is 0 Å². The third-order valence-corrected chi connectivity index (χ3v) is 4.55. The summed E-state index contributed by atoms with van der Waals surface area (Å²) in [5.41, 5.74) is 0.338. The van der Waals surface area contributed by atoms with Crippen molar-refractivity contribution in [1.82, 2.24) is 5.32 Å². The lowest BCUT2D eigenvalue weighted by molar-refractivity contribution is 0.259. The van der Waals surface area contributed by atoms with Crippen molar-refractivity contribution >= 4 is 27.3 Å². The summed E-state index contributed by atoms with van der Waals surface area (Å²) in [4.78, 5) is 1.47. The Bertz CT molecular complexity index is 314. The molecule has 0 saturated carbocycles. The molecular weight excluding hydrogens is 282 g/mol. The van der Waals surface area contributed by atoms with Crippen LogP contribution in [-0.2, 0) is 6.42 Å². The van der Waals surface area contributed by atoms with Crippen molar-refractivity contribution in [2.45, 2.75) is 46.6 Å². The zero-order chi connectivity index (χ0) is 12.2. The maximum Gasteiger partial charge on any atom is 0.0285 e. The molecule has 0 fully saturated rings. The highest BCUT2D eigenvalue weighted by molar-refractivity contribution is 9.10. The average Bonchev–Trinajstić information content (AvgIpc) is 2.57. The highest BCUT2D eigenvalue weighted by atomic mass is 79.9. The normalized spacial score (nSPS) is 14.1. The Morgan fingerprint density at radius 2 is 2.12 bits per heavy atom. The van der Waals surface area contributed by atoms with Crippen LogP contribution in [0.4, 0.5) is 0 Å². The predicted octanol–water partition coefficient (Wildman–Crippen LogP) is 4.47. The van der Waals surface area contributed by atoms with Crippen LogP contribution >= 0.6 is 27.3 Å². The highest BCUT2D eigenvalue weighted by Crippen LogP contribution is 2.26. The van der Waals surface area contributed by atoms with Crippen molar-refractivity contribution in [2.75, 3.05) is 6.54 Å². The summed E-state index contributed by atoms with van der Waals surface area (Å²) in [7, 11) is 0. The van der Waals surface area contributed by atoms with E-state index in [0.29, 0.717) is 11.5 Å². The molecule has 1 aromatic heterocycles. The molecule has 0 aliphatic heterocycles. The number of hydrogen-bond donors (Lipinski definition) is 1. The van der Waals surface area contributed by atoms with E-state index in [2.05, 4.69) is 60.4 Å². The molecule has 16 heavy (non-hydrogen) atoms. The van der Waals surface area contributed by atoms with E-state index in [1.165, 1.54) is 22.2 Å². The number of aryl methyl sites for hydroxylation is 1. The first-order chi connectivity index (χ1) is 7.43. The Morgan fingerprint density at radius 1 is 1.44 bits per heavy atom. The number of nitrogens with one attached hydrogen (secondary N) is 1. The van der Waals surface area contributed by atoms with Crippen molar-refractivity contribution in [3.05, 3.63) is 20.8 Å². The van der Waals surface area contributed by atoms with Gasteiger partial charge in [0.25, 0.3) is 0 Å². The second kappa shape index (κ2) is 6.18. The molecule has 1 nitrogen and oxygen atoms in total. The zero-order valence-electron chi connectivity index (χ0n) is 10.6. The minimum absolute atomic E-state index is 0.338. The molecule has 0 aliphatic rings. The molecule has 1 heterocycles. The van der Waals surface area contributed by atoms with Crippen LogP contribution in [-0.4, -0.2) is 12.6 Å². The summed E-state index contributed by atoms with van der Waals surface area (Å²) in [6.07, 6.45) is 2.38. The van der Waals surface area contributed by atoms with Gasteiger partial charge in [-0.25, -0.2) is 0 Å². The van der Waals surface area contributed by atoms with E-state index in [1.54, 1.807) is 0 Å². The van der Waals surface area contributed by atoms with Gasteiger partial charge in [-0.05, 0) is 46.8 Å². The molecule has 0 bridgehead atoms. The van der Waals surface area contributed by atoms with Gasteiger partial charge < -0.3 is 5.32 Å². The second-order valence-corrected chi connectivity index (χ2v) is 7.16. The number of thiophene rings is 1. The van der Waals surface area contributed by atoms with E-state index >= 15 is 0 Å². The number of rotatable bonds is 5. The SMILES string of the molecule is CCNC(CCc1cc(Br)cs1)C(C)(C)C. The van der Waals surface area contributed by atoms with Crippen LogP contribution in [0.25, 0.3) is 0 Å². The fourth-order valence-corrected chi connectivity index (χ4v) is 3.33. The van der Waals surface area contributed by atoms with Crippen LogP contribution in [0.3, 0.4) is 0 Å². The summed E-state index contributed by atoms with van der Waals surface area (Å²) in [6.45, 7) is 10.2. The lowest BCUT2D eigenvalue weighted by Gasteiger charge is -2.31. The average molecular weight is 304 g/mol. The third-order valence-electron chi connectivity index (χ3n) is 2.80. The van der Waals surface area contributed by atoms with Crippen molar-refractivity contribution in [3.8, 4) is 0 Å². The molecule has 0 saturated heterocycles. The van der Waals surface area contributed by atoms with Crippen LogP contribution in [0.15, 0.2) is 15.9 Å². The third kappa shape index (κ3) is 4.56. The lowest BCUT2D eigenvalue weighted by atomic mass is 9.84. The fraction of sp³-hybridized carbons (Fsp3) is 0.692. The molecule has 1 atom stereocenters. The van der Waals surface area contributed by atoms with E-state index in [9.17, 15) is 0 Å². The molecule has 0 aliphatic carbocycles. The summed E-state index contributed by atoms with van der Waals surface area (Å²) in [5.74, 6) is 0. The van der Waals surface area contributed by atoms with Gasteiger partial charge in [-0.2, -0.15) is 0 Å². The van der Waals surface area contributed by atoms with Gasteiger partial charge in [-0.1, -0.05) is 27.7 Å². The summed E-state index contributed by atoms with van der Waals surface area (Å²) in [5, 5.41) is 5.75. The van der Waals surface area contributed by atoms with E-state index in [0.717, 1.165) is 6.54 Å². The molecule has 1 N–H and O–H groups in total. The zero-order valence-corrected chi connectivity index (χ0v) is 13.0. The van der Waals surface area contributed by atoms with Gasteiger partial charge >= 0.3 is 0 Å². The van der Waals surface area contributed by atoms with Gasteiger partial charge in [0.2, 0.25) is 0 Å². The Morgan fingerprint density at radius 3 is 2.56 bits per heavy atom. The summed E-state index contributed by atoms with van der Waals surface area (Å²) in [6, 6.07) is 2.83. The summed E-state index contributed by atoms with van der Waals surface area (Å²) >= 11 is 5.35. The van der Waals surface area contributed by atoms with Gasteiger partial charge in [0.1, 0.15) is 0 Å². The molecule has 3 heteroatoms. The molecule has 1 unspecified atom stereocenters. The molecule has 0 amide bonds. The Hall–Kier alpha value is 0.140. The van der Waals surface area contributed by atoms with E-state index in [1.807, 2.05) is 11.3 Å². The maximum atomic E-state index is 3.59. The first-order valence-electron chi connectivity index (χ1n) is 5.89. The van der Waals surface area contributed by atoms with Crippen molar-refractivity contribution in [2.24, 2.45) is 5.41 Å². The standard InChI is InChI=1S/C13H22BrNS/c1-5-15-12(13(2,3)4)7-6-11-8-10(14)9-16-11/h8-9,12,15H,5-7H2,1-4H3. The molecule has 0 aromatic carbocycles. The van der Waals surface area contributed by atoms with E-state index in [4.69, 9.17) is 0 Å². The van der Waals surface area contributed by atoms with Crippen molar-refractivity contribution in [1.29, 1.82) is 0 Å². The molecule has 0 radical (unpaired) electrons. The van der Waals surface area contributed by atoms with Crippen molar-refractivity contribution in [3.63, 3.8) is 0 Å². The van der Waals surface area contributed by atoms with Gasteiger partial charge in [-0.3, -0.25) is 0 Å². The topological polar surface area (TPSA) is 12.0 Å². The quantitative estimate of drug-likeness (QED) is 0.846. The molecule has 1 aromatic rings. The number of hydrogen-bond acceptors (Lipinski definition) is 2. The monoisotopic (exact) mass is 303 g/mol. The highest BCUT2D eigenvalue weighted by Gasteiger charge is 2.23. The smallest absolute Gasteiger partial charge is 0.0285 e. The Labute approximate surface area is 112 Å². The number of halogens is 1. The van der Waals surface area contributed by atoms with Gasteiger partial charge in [0.15, 0.2) is 0 Å². The first kappa shape index (κ1) is 14.2. The van der Waals surface area contributed by atoms with Crippen LogP contribution in [0, 0.1) is 5.41 Å². The van der Waals surface area contributed by atoms with E-state index in [-0.39, 0.29) is 0 Å². The minimum atomic E-state index is 0.338. The van der Waals surface area contributed by atoms with E-state index < -0.39 is 0 Å². The van der Waals surface area contributed by atoms with Gasteiger partial charge in [-0.15, -0.1) is 11.3 Å². The molecular formula is C13H22BrNS. The van der Waals surface area contributed by atoms with Crippen LogP contribution in [0.5, 0.6) is 0 Å². The largest absolute Gasteiger partial charge is 0.314 e. The lowest BCUT2D eigenvalue weighted by Crippen LogP contribution is -2.40. The second-order valence-electron chi connectivity index (χ2n) is 5.25. The first-order valence-corrected chi connectivity index (χ1v) is 7.57. The Balaban J connectivity index is 2.50. The minimum Gasteiger partial charge on any atom is -0.314 e. The predicted molar refractivity (Wildman–Crippen MR) is 77.3 cm³/mol. The van der Waals surface area contributed by atoms with Gasteiger partial charge in [0, 0.05) is 20.8 Å².